The van der Waals surface area contributed by atoms with E-state index in [-0.39, 0.29) is 24.0 Å². The zero-order valence-electron chi connectivity index (χ0n) is 17.2. The van der Waals surface area contributed by atoms with Crippen molar-refractivity contribution in [2.24, 2.45) is 10.9 Å². The maximum atomic E-state index is 5.85. The number of aliphatic imine (C=N–C) groups is 1. The second-order valence-electron chi connectivity index (χ2n) is 6.59. The lowest BCUT2D eigenvalue weighted by Gasteiger charge is -2.20. The van der Waals surface area contributed by atoms with E-state index < -0.39 is 0 Å². The molecule has 6 nitrogen and oxygen atoms in total. The number of guanidine groups is 1. The van der Waals surface area contributed by atoms with Crippen molar-refractivity contribution < 1.29 is 9.47 Å². The molecule has 1 heterocycles. The van der Waals surface area contributed by atoms with Gasteiger partial charge in [-0.3, -0.25) is 4.99 Å². The number of para-hydroxylation sites is 2. The molecular formula is C21H31IN4O2. The van der Waals surface area contributed by atoms with E-state index in [4.69, 9.17) is 9.47 Å². The molecule has 28 heavy (non-hydrogen) atoms. The minimum absolute atomic E-state index is 0. The Bertz CT molecular complexity index is 735. The number of rotatable bonds is 8. The largest absolute Gasteiger partial charge is 0.490 e. The summed E-state index contributed by atoms with van der Waals surface area (Å²) in [7, 11) is 1.77. The van der Waals surface area contributed by atoms with Gasteiger partial charge >= 0.3 is 0 Å². The number of nitrogens with one attached hydrogen (secondary N) is 2. The van der Waals surface area contributed by atoms with Crippen molar-refractivity contribution in [3.8, 4) is 17.4 Å². The second kappa shape index (κ2) is 12.4. The van der Waals surface area contributed by atoms with E-state index >= 15 is 0 Å². The summed E-state index contributed by atoms with van der Waals surface area (Å²) in [6.07, 6.45) is 1.80. The molecule has 2 aromatic rings. The summed E-state index contributed by atoms with van der Waals surface area (Å²) < 4.78 is 11.4. The van der Waals surface area contributed by atoms with Crippen LogP contribution < -0.4 is 20.1 Å². The predicted octanol–water partition coefficient (Wildman–Crippen LogP) is 4.60. The highest BCUT2D eigenvalue weighted by Crippen LogP contribution is 2.30. The molecule has 0 aliphatic rings. The van der Waals surface area contributed by atoms with Crippen LogP contribution in [0.25, 0.3) is 0 Å². The molecule has 1 unspecified atom stereocenters. The minimum Gasteiger partial charge on any atom is -0.490 e. The molecule has 0 aliphatic carbocycles. The van der Waals surface area contributed by atoms with Gasteiger partial charge in [-0.05, 0) is 37.5 Å². The fourth-order valence-electron chi connectivity index (χ4n) is 2.26. The van der Waals surface area contributed by atoms with E-state index in [0.29, 0.717) is 42.5 Å². The van der Waals surface area contributed by atoms with Gasteiger partial charge in [0.15, 0.2) is 17.5 Å². The lowest BCUT2D eigenvalue weighted by molar-refractivity contribution is 0.319. The molecule has 1 aromatic heterocycles. The summed E-state index contributed by atoms with van der Waals surface area (Å²) in [6, 6.07) is 11.8. The van der Waals surface area contributed by atoms with Crippen molar-refractivity contribution in [3.63, 3.8) is 0 Å². The van der Waals surface area contributed by atoms with Crippen molar-refractivity contribution in [2.45, 2.75) is 40.3 Å². The van der Waals surface area contributed by atoms with Crippen LogP contribution in [0.4, 0.5) is 0 Å². The molecule has 0 radical (unpaired) electrons. The van der Waals surface area contributed by atoms with Crippen LogP contribution in [0.1, 0.15) is 33.3 Å². The molecule has 0 amide bonds. The van der Waals surface area contributed by atoms with Gasteiger partial charge in [-0.15, -0.1) is 24.0 Å². The van der Waals surface area contributed by atoms with Gasteiger partial charge in [0.1, 0.15) is 0 Å². The molecule has 1 aromatic carbocycles. The third-order valence-corrected chi connectivity index (χ3v) is 4.21. The first kappa shape index (κ1) is 24.0. The van der Waals surface area contributed by atoms with Gasteiger partial charge in [-0.25, -0.2) is 4.98 Å². The molecule has 1 atom stereocenters. The Kier molecular flexibility index (Phi) is 10.7. The molecule has 0 spiro atoms. The average Bonchev–Trinajstić information content (AvgIpc) is 2.67. The number of pyridine rings is 1. The molecule has 0 saturated heterocycles. The summed E-state index contributed by atoms with van der Waals surface area (Å²) in [5.74, 6) is 3.21. The first-order valence-corrected chi connectivity index (χ1v) is 9.35. The van der Waals surface area contributed by atoms with E-state index in [0.717, 1.165) is 11.5 Å². The van der Waals surface area contributed by atoms with Crippen LogP contribution in [0.15, 0.2) is 47.6 Å². The quantitative estimate of drug-likeness (QED) is 0.317. The molecular weight excluding hydrogens is 467 g/mol. The molecule has 0 saturated carbocycles. The van der Waals surface area contributed by atoms with E-state index in [2.05, 4.69) is 41.4 Å². The molecule has 0 fully saturated rings. The standard InChI is InChI=1S/C21H30N4O2.HI/c1-6-26-18-9-7-8-10-19(18)27-20-12-11-17(13-23-20)14-24-21(22-5)25-16(4)15(2)3;/h7-13,15-16H,6,14H2,1-5H3,(H2,22,24,25);1H. The lowest BCUT2D eigenvalue weighted by Crippen LogP contribution is -2.43. The summed E-state index contributed by atoms with van der Waals surface area (Å²) >= 11 is 0. The number of nitrogens with zero attached hydrogens (tertiary/aromatic N) is 2. The second-order valence-corrected chi connectivity index (χ2v) is 6.59. The lowest BCUT2D eigenvalue weighted by atomic mass is 10.1. The summed E-state index contributed by atoms with van der Waals surface area (Å²) in [4.78, 5) is 8.65. The maximum absolute atomic E-state index is 5.85. The van der Waals surface area contributed by atoms with Crippen LogP contribution in [0.5, 0.6) is 17.4 Å². The number of benzene rings is 1. The van der Waals surface area contributed by atoms with E-state index in [1.807, 2.05) is 43.3 Å². The minimum atomic E-state index is 0. The topological polar surface area (TPSA) is 67.8 Å². The van der Waals surface area contributed by atoms with Crippen molar-refractivity contribution in [3.05, 3.63) is 48.2 Å². The summed E-state index contributed by atoms with van der Waals surface area (Å²) in [6.45, 7) is 9.66. The van der Waals surface area contributed by atoms with E-state index in [1.54, 1.807) is 13.2 Å². The van der Waals surface area contributed by atoms with E-state index in [9.17, 15) is 0 Å². The Hall–Kier alpha value is -2.03. The number of hydrogen-bond donors (Lipinski definition) is 2. The third kappa shape index (κ3) is 7.53. The van der Waals surface area contributed by atoms with Crippen LogP contribution >= 0.6 is 24.0 Å². The van der Waals surface area contributed by atoms with Crippen molar-refractivity contribution in [1.29, 1.82) is 0 Å². The molecule has 2 rings (SSSR count). The highest BCUT2D eigenvalue weighted by atomic mass is 127. The van der Waals surface area contributed by atoms with Gasteiger partial charge in [0.25, 0.3) is 0 Å². The zero-order chi connectivity index (χ0) is 19.6. The van der Waals surface area contributed by atoms with Crippen LogP contribution in [0.2, 0.25) is 0 Å². The van der Waals surface area contributed by atoms with Gasteiger partial charge < -0.3 is 20.1 Å². The molecule has 154 valence electrons. The monoisotopic (exact) mass is 498 g/mol. The maximum Gasteiger partial charge on any atom is 0.219 e. The number of ether oxygens (including phenoxy) is 2. The van der Waals surface area contributed by atoms with Crippen LogP contribution in [-0.4, -0.2) is 30.6 Å². The molecule has 0 bridgehead atoms. The van der Waals surface area contributed by atoms with Crippen LogP contribution in [-0.2, 0) is 6.54 Å². The Labute approximate surface area is 185 Å². The highest BCUT2D eigenvalue weighted by molar-refractivity contribution is 14.0. The molecule has 0 aliphatic heterocycles. The van der Waals surface area contributed by atoms with Crippen LogP contribution in [0.3, 0.4) is 0 Å². The van der Waals surface area contributed by atoms with Gasteiger partial charge in [-0.1, -0.05) is 32.0 Å². The summed E-state index contributed by atoms with van der Waals surface area (Å²) in [5.41, 5.74) is 1.04. The van der Waals surface area contributed by atoms with Gasteiger partial charge in [0.05, 0.1) is 6.61 Å². The molecule has 7 heteroatoms. The zero-order valence-corrected chi connectivity index (χ0v) is 19.6. The fourth-order valence-corrected chi connectivity index (χ4v) is 2.26. The van der Waals surface area contributed by atoms with Crippen molar-refractivity contribution in [2.75, 3.05) is 13.7 Å². The first-order chi connectivity index (χ1) is 13.0. The van der Waals surface area contributed by atoms with Crippen molar-refractivity contribution in [1.82, 2.24) is 15.6 Å². The average molecular weight is 498 g/mol. The smallest absolute Gasteiger partial charge is 0.219 e. The van der Waals surface area contributed by atoms with Crippen molar-refractivity contribution >= 4 is 29.9 Å². The Morgan fingerprint density at radius 2 is 1.82 bits per heavy atom. The third-order valence-electron chi connectivity index (χ3n) is 4.21. The predicted molar refractivity (Wildman–Crippen MR) is 125 cm³/mol. The van der Waals surface area contributed by atoms with Gasteiger partial charge in [-0.2, -0.15) is 0 Å². The summed E-state index contributed by atoms with van der Waals surface area (Å²) in [5, 5.41) is 6.68. The fraction of sp³-hybridized carbons (Fsp3) is 0.429. The highest BCUT2D eigenvalue weighted by Gasteiger charge is 2.09. The SMILES string of the molecule is CCOc1ccccc1Oc1ccc(CNC(=NC)NC(C)C(C)C)cn1.I. The normalized spacial score (nSPS) is 12.1. The first-order valence-electron chi connectivity index (χ1n) is 9.35. The Morgan fingerprint density at radius 3 is 2.39 bits per heavy atom. The van der Waals surface area contributed by atoms with Gasteiger partial charge in [0, 0.05) is 31.9 Å². The van der Waals surface area contributed by atoms with E-state index in [1.165, 1.54) is 0 Å². The number of aromatic nitrogens is 1. The molecule has 2 N–H and O–H groups in total. The Morgan fingerprint density at radius 1 is 1.11 bits per heavy atom. The number of halogens is 1. The number of hydrogen-bond acceptors (Lipinski definition) is 4. The Balaban J connectivity index is 0.00000392. The van der Waals surface area contributed by atoms with Gasteiger partial charge in [0.2, 0.25) is 5.88 Å². The van der Waals surface area contributed by atoms with Crippen LogP contribution in [0, 0.1) is 5.92 Å².